The predicted molar refractivity (Wildman–Crippen MR) is 88.2 cm³/mol. The van der Waals surface area contributed by atoms with Gasteiger partial charge in [0.05, 0.1) is 0 Å². The van der Waals surface area contributed by atoms with Crippen LogP contribution in [0, 0.1) is 0 Å². The Morgan fingerprint density at radius 2 is 0.950 bits per heavy atom. The molecule has 0 unspecified atom stereocenters. The van der Waals surface area contributed by atoms with E-state index in [2.05, 4.69) is 24.5 Å². The molecule has 2 amide bonds. The number of urea groups is 1. The Balaban J connectivity index is 3.09. The van der Waals surface area contributed by atoms with Crippen LogP contribution in [-0.2, 0) is 0 Å². The van der Waals surface area contributed by atoms with E-state index in [0.29, 0.717) is 0 Å². The van der Waals surface area contributed by atoms with Crippen molar-refractivity contribution >= 4 is 6.03 Å². The lowest BCUT2D eigenvalue weighted by Gasteiger charge is -2.07. The van der Waals surface area contributed by atoms with Crippen molar-refractivity contribution in [2.75, 3.05) is 13.1 Å². The van der Waals surface area contributed by atoms with E-state index >= 15 is 0 Å². The molecular weight excluding hydrogens is 248 g/mol. The van der Waals surface area contributed by atoms with Gasteiger partial charge in [-0.2, -0.15) is 0 Å². The fourth-order valence-electron chi connectivity index (χ4n) is 2.28. The number of carbonyl (C=O) groups excluding carboxylic acids is 1. The van der Waals surface area contributed by atoms with Gasteiger partial charge in [-0.3, -0.25) is 0 Å². The van der Waals surface area contributed by atoms with E-state index in [1.165, 1.54) is 64.2 Å². The van der Waals surface area contributed by atoms with E-state index in [1.807, 2.05) is 0 Å². The first kappa shape index (κ1) is 19.3. The van der Waals surface area contributed by atoms with Crippen LogP contribution in [0.25, 0.3) is 0 Å². The molecule has 0 radical (unpaired) electrons. The van der Waals surface area contributed by atoms with Crippen molar-refractivity contribution in [1.29, 1.82) is 0 Å². The van der Waals surface area contributed by atoms with Gasteiger partial charge >= 0.3 is 6.03 Å². The maximum absolute atomic E-state index is 11.4. The predicted octanol–water partition coefficient (Wildman–Crippen LogP) is 5.01. The maximum Gasteiger partial charge on any atom is 0.314 e. The van der Waals surface area contributed by atoms with Gasteiger partial charge in [0, 0.05) is 13.1 Å². The average molecular weight is 284 g/mol. The second-order valence-corrected chi connectivity index (χ2v) is 5.72. The van der Waals surface area contributed by atoms with Gasteiger partial charge < -0.3 is 10.6 Å². The molecular formula is C17H36N2O. The monoisotopic (exact) mass is 284 g/mol. The first-order valence-corrected chi connectivity index (χ1v) is 8.83. The second-order valence-electron chi connectivity index (χ2n) is 5.72. The van der Waals surface area contributed by atoms with E-state index < -0.39 is 0 Å². The van der Waals surface area contributed by atoms with Crippen molar-refractivity contribution in [2.45, 2.75) is 90.9 Å². The molecule has 0 heterocycles. The minimum absolute atomic E-state index is 0.000619. The molecule has 120 valence electrons. The van der Waals surface area contributed by atoms with Crippen LogP contribution >= 0.6 is 0 Å². The highest BCUT2D eigenvalue weighted by Gasteiger charge is 1.98. The molecule has 0 spiro atoms. The summed E-state index contributed by atoms with van der Waals surface area (Å²) < 4.78 is 0. The SMILES string of the molecule is CCCCCCCCCCCNC(=O)NCCCCC. The van der Waals surface area contributed by atoms with Crippen molar-refractivity contribution in [2.24, 2.45) is 0 Å². The van der Waals surface area contributed by atoms with E-state index in [1.54, 1.807) is 0 Å². The molecule has 0 aromatic rings. The molecule has 0 atom stereocenters. The molecule has 0 fully saturated rings. The molecule has 0 bridgehead atoms. The molecule has 0 aromatic heterocycles. The number of amides is 2. The van der Waals surface area contributed by atoms with Crippen molar-refractivity contribution in [1.82, 2.24) is 10.6 Å². The first-order valence-electron chi connectivity index (χ1n) is 8.83. The van der Waals surface area contributed by atoms with Crippen LogP contribution in [0.4, 0.5) is 4.79 Å². The topological polar surface area (TPSA) is 41.1 Å². The molecule has 0 aliphatic carbocycles. The molecule has 20 heavy (non-hydrogen) atoms. The fourth-order valence-corrected chi connectivity index (χ4v) is 2.28. The van der Waals surface area contributed by atoms with Crippen LogP contribution in [-0.4, -0.2) is 19.1 Å². The zero-order valence-electron chi connectivity index (χ0n) is 13.8. The van der Waals surface area contributed by atoms with E-state index in [9.17, 15) is 4.79 Å². The molecule has 2 N–H and O–H groups in total. The van der Waals surface area contributed by atoms with Gasteiger partial charge in [0.1, 0.15) is 0 Å². The molecule has 0 aromatic carbocycles. The normalized spacial score (nSPS) is 10.5. The summed E-state index contributed by atoms with van der Waals surface area (Å²) in [5, 5.41) is 5.83. The van der Waals surface area contributed by atoms with E-state index in [-0.39, 0.29) is 6.03 Å². The third-order valence-corrected chi connectivity index (χ3v) is 3.63. The number of nitrogens with one attached hydrogen (secondary N) is 2. The van der Waals surface area contributed by atoms with Crippen LogP contribution in [0.3, 0.4) is 0 Å². The largest absolute Gasteiger partial charge is 0.338 e. The number of hydrogen-bond donors (Lipinski definition) is 2. The third-order valence-electron chi connectivity index (χ3n) is 3.63. The summed E-state index contributed by atoms with van der Waals surface area (Å²) in [4.78, 5) is 11.4. The lowest BCUT2D eigenvalue weighted by Crippen LogP contribution is -2.36. The van der Waals surface area contributed by atoms with Gasteiger partial charge in [-0.05, 0) is 12.8 Å². The zero-order valence-corrected chi connectivity index (χ0v) is 13.8. The van der Waals surface area contributed by atoms with Gasteiger partial charge in [0.25, 0.3) is 0 Å². The Morgan fingerprint density at radius 3 is 1.45 bits per heavy atom. The highest BCUT2D eigenvalue weighted by atomic mass is 16.2. The summed E-state index contributed by atoms with van der Waals surface area (Å²) in [6.45, 7) is 6.05. The van der Waals surface area contributed by atoms with Gasteiger partial charge in [0.15, 0.2) is 0 Å². The standard InChI is InChI=1S/C17H36N2O/c1-3-5-7-8-9-10-11-12-14-16-19-17(20)18-15-13-6-4-2/h3-16H2,1-2H3,(H2,18,19,20). The summed E-state index contributed by atoms with van der Waals surface area (Å²) in [5.74, 6) is 0. The van der Waals surface area contributed by atoms with Gasteiger partial charge in [0.2, 0.25) is 0 Å². The van der Waals surface area contributed by atoms with Crippen molar-refractivity contribution in [3.63, 3.8) is 0 Å². The highest BCUT2D eigenvalue weighted by molar-refractivity contribution is 5.73. The van der Waals surface area contributed by atoms with Crippen LogP contribution < -0.4 is 10.6 Å². The molecule has 0 saturated carbocycles. The molecule has 0 rings (SSSR count). The quantitative estimate of drug-likeness (QED) is 0.433. The molecule has 0 aliphatic heterocycles. The number of rotatable bonds is 14. The zero-order chi connectivity index (χ0) is 14.9. The Hall–Kier alpha value is -0.730. The van der Waals surface area contributed by atoms with Crippen LogP contribution in [0.2, 0.25) is 0 Å². The molecule has 3 nitrogen and oxygen atoms in total. The average Bonchev–Trinajstić information content (AvgIpc) is 2.45. The van der Waals surface area contributed by atoms with E-state index in [4.69, 9.17) is 0 Å². The lowest BCUT2D eigenvalue weighted by molar-refractivity contribution is 0.240. The lowest BCUT2D eigenvalue weighted by atomic mass is 10.1. The Morgan fingerprint density at radius 1 is 0.600 bits per heavy atom. The minimum Gasteiger partial charge on any atom is -0.338 e. The molecule has 0 aliphatic rings. The van der Waals surface area contributed by atoms with Crippen LogP contribution in [0.5, 0.6) is 0 Å². The van der Waals surface area contributed by atoms with Crippen molar-refractivity contribution in [3.8, 4) is 0 Å². The summed E-state index contributed by atoms with van der Waals surface area (Å²) in [5.41, 5.74) is 0. The summed E-state index contributed by atoms with van der Waals surface area (Å²) in [7, 11) is 0. The fraction of sp³-hybridized carbons (Fsp3) is 0.941. The summed E-state index contributed by atoms with van der Waals surface area (Å²) in [6, 6.07) is 0.000619. The van der Waals surface area contributed by atoms with Gasteiger partial charge in [-0.25, -0.2) is 4.79 Å². The second kappa shape index (κ2) is 16.3. The Kier molecular flexibility index (Phi) is 15.7. The minimum atomic E-state index is 0.000619. The van der Waals surface area contributed by atoms with Gasteiger partial charge in [-0.1, -0.05) is 78.1 Å². The van der Waals surface area contributed by atoms with Crippen LogP contribution in [0.1, 0.15) is 90.9 Å². The van der Waals surface area contributed by atoms with Crippen LogP contribution in [0.15, 0.2) is 0 Å². The Labute approximate surface area is 126 Å². The van der Waals surface area contributed by atoms with Crippen molar-refractivity contribution < 1.29 is 4.79 Å². The third kappa shape index (κ3) is 15.3. The van der Waals surface area contributed by atoms with E-state index in [0.717, 1.165) is 25.9 Å². The number of hydrogen-bond acceptors (Lipinski definition) is 1. The maximum atomic E-state index is 11.4. The smallest absolute Gasteiger partial charge is 0.314 e. The van der Waals surface area contributed by atoms with Crippen molar-refractivity contribution in [3.05, 3.63) is 0 Å². The Bertz CT molecular complexity index is 207. The highest BCUT2D eigenvalue weighted by Crippen LogP contribution is 2.09. The first-order chi connectivity index (χ1) is 9.81. The summed E-state index contributed by atoms with van der Waals surface area (Å²) in [6.07, 6.45) is 15.4. The van der Waals surface area contributed by atoms with Gasteiger partial charge in [-0.15, -0.1) is 0 Å². The summed E-state index contributed by atoms with van der Waals surface area (Å²) >= 11 is 0. The molecule has 3 heteroatoms. The molecule has 0 saturated heterocycles. The number of carbonyl (C=O) groups is 1. The number of unbranched alkanes of at least 4 members (excludes halogenated alkanes) is 10.